The van der Waals surface area contributed by atoms with Gasteiger partial charge in [0.05, 0.1) is 13.2 Å². The van der Waals surface area contributed by atoms with Gasteiger partial charge in [-0.25, -0.2) is 0 Å². The molecule has 0 bridgehead atoms. The van der Waals surface area contributed by atoms with Crippen LogP contribution in [0.5, 0.6) is 0 Å². The van der Waals surface area contributed by atoms with Crippen molar-refractivity contribution < 1.29 is 4.74 Å². The summed E-state index contributed by atoms with van der Waals surface area (Å²) in [6.07, 6.45) is 1.19. The van der Waals surface area contributed by atoms with Crippen molar-refractivity contribution in [1.82, 2.24) is 0 Å². The fourth-order valence-corrected chi connectivity index (χ4v) is 2.68. The first-order valence-corrected chi connectivity index (χ1v) is 5.39. The van der Waals surface area contributed by atoms with Crippen LogP contribution in [0.1, 0.15) is 34.1 Å². The van der Waals surface area contributed by atoms with Gasteiger partial charge in [-0.05, 0) is 11.8 Å². The van der Waals surface area contributed by atoms with Crippen LogP contribution in [0.3, 0.4) is 0 Å². The molecule has 2 N–H and O–H groups in total. The third-order valence-electron chi connectivity index (χ3n) is 3.94. The minimum absolute atomic E-state index is 0.217. The quantitative estimate of drug-likeness (QED) is 0.730. The lowest BCUT2D eigenvalue weighted by Crippen LogP contribution is -2.48. The van der Waals surface area contributed by atoms with Crippen molar-refractivity contribution in [2.24, 2.45) is 23.0 Å². The van der Waals surface area contributed by atoms with Gasteiger partial charge in [0.1, 0.15) is 0 Å². The predicted octanol–water partition coefficient (Wildman–Crippen LogP) is 2.03. The number of rotatable bonds is 3. The van der Waals surface area contributed by atoms with Gasteiger partial charge < -0.3 is 10.5 Å². The van der Waals surface area contributed by atoms with Crippen LogP contribution >= 0.6 is 0 Å². The normalized spacial score (nSPS) is 36.9. The van der Waals surface area contributed by atoms with Crippen LogP contribution in [0, 0.1) is 17.3 Å². The SMILES string of the molecule is CCC(C)C1(C(C)C)COC[C@H]1N. The van der Waals surface area contributed by atoms with Crippen LogP contribution in [-0.2, 0) is 4.74 Å². The minimum atomic E-state index is 0.217. The number of hydrogen-bond acceptors (Lipinski definition) is 2. The summed E-state index contributed by atoms with van der Waals surface area (Å²) in [5, 5.41) is 0. The average Bonchev–Trinajstić information content (AvgIpc) is 2.47. The van der Waals surface area contributed by atoms with Crippen molar-refractivity contribution in [3.05, 3.63) is 0 Å². The molecule has 0 radical (unpaired) electrons. The van der Waals surface area contributed by atoms with Crippen molar-refractivity contribution >= 4 is 0 Å². The van der Waals surface area contributed by atoms with Crippen molar-refractivity contribution in [1.29, 1.82) is 0 Å². The summed E-state index contributed by atoms with van der Waals surface area (Å²) in [7, 11) is 0. The summed E-state index contributed by atoms with van der Waals surface area (Å²) in [4.78, 5) is 0. The van der Waals surface area contributed by atoms with E-state index in [0.717, 1.165) is 13.2 Å². The van der Waals surface area contributed by atoms with E-state index in [4.69, 9.17) is 10.5 Å². The Labute approximate surface area is 81.8 Å². The Morgan fingerprint density at radius 3 is 2.38 bits per heavy atom. The maximum atomic E-state index is 6.17. The highest BCUT2D eigenvalue weighted by molar-refractivity contribution is 4.98. The minimum Gasteiger partial charge on any atom is -0.379 e. The van der Waals surface area contributed by atoms with Gasteiger partial charge in [0.15, 0.2) is 0 Å². The molecule has 78 valence electrons. The number of hydrogen-bond donors (Lipinski definition) is 1. The Bertz CT molecular complexity index is 169. The molecule has 1 fully saturated rings. The second-order valence-electron chi connectivity index (χ2n) is 4.70. The lowest BCUT2D eigenvalue weighted by molar-refractivity contribution is 0.0606. The fraction of sp³-hybridized carbons (Fsp3) is 1.00. The fourth-order valence-electron chi connectivity index (χ4n) is 2.68. The third-order valence-corrected chi connectivity index (χ3v) is 3.94. The molecule has 1 rings (SSSR count). The topological polar surface area (TPSA) is 35.2 Å². The summed E-state index contributed by atoms with van der Waals surface area (Å²) in [5.74, 6) is 1.27. The molecule has 0 aromatic rings. The average molecular weight is 185 g/mol. The summed E-state index contributed by atoms with van der Waals surface area (Å²) < 4.78 is 5.53. The lowest BCUT2D eigenvalue weighted by atomic mass is 9.65. The molecule has 2 nitrogen and oxygen atoms in total. The molecule has 0 amide bonds. The summed E-state index contributed by atoms with van der Waals surface area (Å²) in [6.45, 7) is 10.7. The van der Waals surface area contributed by atoms with E-state index >= 15 is 0 Å². The van der Waals surface area contributed by atoms with Crippen LogP contribution in [0.2, 0.25) is 0 Å². The van der Waals surface area contributed by atoms with Crippen molar-refractivity contribution in [3.63, 3.8) is 0 Å². The molecule has 1 aliphatic heterocycles. The molecule has 1 saturated heterocycles. The van der Waals surface area contributed by atoms with E-state index in [1.165, 1.54) is 6.42 Å². The highest BCUT2D eigenvalue weighted by Crippen LogP contribution is 2.43. The van der Waals surface area contributed by atoms with Crippen LogP contribution in [0.15, 0.2) is 0 Å². The smallest absolute Gasteiger partial charge is 0.0624 e. The molecule has 1 heterocycles. The number of nitrogens with two attached hydrogens (primary N) is 1. The van der Waals surface area contributed by atoms with E-state index < -0.39 is 0 Å². The Kier molecular flexibility index (Phi) is 3.36. The Morgan fingerprint density at radius 2 is 2.08 bits per heavy atom. The van der Waals surface area contributed by atoms with Gasteiger partial charge in [-0.15, -0.1) is 0 Å². The maximum absolute atomic E-state index is 6.17. The molecular formula is C11H23NO. The maximum Gasteiger partial charge on any atom is 0.0624 e. The van der Waals surface area contributed by atoms with Gasteiger partial charge in [0.2, 0.25) is 0 Å². The Balaban J connectivity index is 2.86. The van der Waals surface area contributed by atoms with Crippen LogP contribution in [0.25, 0.3) is 0 Å². The van der Waals surface area contributed by atoms with Crippen molar-refractivity contribution in [2.45, 2.75) is 40.2 Å². The molecule has 3 atom stereocenters. The van der Waals surface area contributed by atoms with Crippen LogP contribution in [0.4, 0.5) is 0 Å². The monoisotopic (exact) mass is 185 g/mol. The Morgan fingerprint density at radius 1 is 1.46 bits per heavy atom. The first kappa shape index (κ1) is 11.0. The van der Waals surface area contributed by atoms with Crippen molar-refractivity contribution in [2.75, 3.05) is 13.2 Å². The molecule has 2 unspecified atom stereocenters. The van der Waals surface area contributed by atoms with Crippen molar-refractivity contribution in [3.8, 4) is 0 Å². The Hall–Kier alpha value is -0.0800. The molecule has 0 aromatic heterocycles. The van der Waals surface area contributed by atoms with E-state index in [1.807, 2.05) is 0 Å². The highest BCUT2D eigenvalue weighted by atomic mass is 16.5. The van der Waals surface area contributed by atoms with Crippen LogP contribution < -0.4 is 5.73 Å². The standard InChI is InChI=1S/C11H23NO/c1-5-9(4)11(8(2)3)7-13-6-10(11)12/h8-10H,5-7,12H2,1-4H3/t9?,10-,11?/m1/s1. The zero-order chi connectivity index (χ0) is 10.1. The molecule has 0 spiro atoms. The molecule has 1 aliphatic rings. The molecule has 13 heavy (non-hydrogen) atoms. The molecule has 0 saturated carbocycles. The van der Waals surface area contributed by atoms with E-state index in [9.17, 15) is 0 Å². The molecule has 0 aliphatic carbocycles. The van der Waals surface area contributed by atoms with Gasteiger partial charge in [0.25, 0.3) is 0 Å². The molecule has 2 heteroatoms. The van der Waals surface area contributed by atoms with E-state index in [-0.39, 0.29) is 11.5 Å². The third kappa shape index (κ3) is 1.62. The number of ether oxygens (including phenoxy) is 1. The zero-order valence-electron chi connectivity index (χ0n) is 9.34. The second kappa shape index (κ2) is 3.97. The zero-order valence-corrected chi connectivity index (χ0v) is 9.34. The van der Waals surface area contributed by atoms with Gasteiger partial charge in [-0.3, -0.25) is 0 Å². The van der Waals surface area contributed by atoms with E-state index in [0.29, 0.717) is 11.8 Å². The molecular weight excluding hydrogens is 162 g/mol. The van der Waals surface area contributed by atoms with Crippen LogP contribution in [-0.4, -0.2) is 19.3 Å². The van der Waals surface area contributed by atoms with Gasteiger partial charge in [-0.1, -0.05) is 34.1 Å². The van der Waals surface area contributed by atoms with E-state index in [1.54, 1.807) is 0 Å². The van der Waals surface area contributed by atoms with E-state index in [2.05, 4.69) is 27.7 Å². The molecule has 0 aromatic carbocycles. The van der Waals surface area contributed by atoms with Gasteiger partial charge >= 0.3 is 0 Å². The predicted molar refractivity (Wildman–Crippen MR) is 55.5 cm³/mol. The second-order valence-corrected chi connectivity index (χ2v) is 4.70. The summed E-state index contributed by atoms with van der Waals surface area (Å²) in [5.41, 5.74) is 6.38. The summed E-state index contributed by atoms with van der Waals surface area (Å²) in [6, 6.07) is 0.224. The van der Waals surface area contributed by atoms with Gasteiger partial charge in [-0.2, -0.15) is 0 Å². The first-order valence-electron chi connectivity index (χ1n) is 5.39. The van der Waals surface area contributed by atoms with Gasteiger partial charge in [0, 0.05) is 11.5 Å². The first-order chi connectivity index (χ1) is 6.05. The summed E-state index contributed by atoms with van der Waals surface area (Å²) >= 11 is 0. The largest absolute Gasteiger partial charge is 0.379 e. The highest BCUT2D eigenvalue weighted by Gasteiger charge is 2.47. The lowest BCUT2D eigenvalue weighted by Gasteiger charge is -2.41.